The molecule has 1 atom stereocenters. The maximum Gasteiger partial charge on any atom is 0.226 e. The average molecular weight is 274 g/mol. The van der Waals surface area contributed by atoms with Crippen LogP contribution in [0.2, 0.25) is 0 Å². The monoisotopic (exact) mass is 274 g/mol. The van der Waals surface area contributed by atoms with Crippen LogP contribution in [0.3, 0.4) is 0 Å². The van der Waals surface area contributed by atoms with Gasteiger partial charge in [-0.05, 0) is 19.1 Å². The molecule has 0 unspecified atom stereocenters. The molecule has 0 N–H and O–H groups in total. The van der Waals surface area contributed by atoms with Gasteiger partial charge in [-0.2, -0.15) is 4.98 Å². The first-order chi connectivity index (χ1) is 9.50. The van der Waals surface area contributed by atoms with Crippen LogP contribution < -0.4 is 9.80 Å². The Morgan fingerprint density at radius 2 is 1.80 bits per heavy atom. The number of hydrogen-bond acceptors (Lipinski definition) is 4. The van der Waals surface area contributed by atoms with Gasteiger partial charge in [-0.3, -0.25) is 0 Å². The molecule has 0 bridgehead atoms. The van der Waals surface area contributed by atoms with Crippen LogP contribution >= 0.6 is 0 Å². The molecule has 2 aromatic rings. The molecule has 0 amide bonds. The highest BCUT2D eigenvalue weighted by molar-refractivity contribution is 5.45. The molecule has 2 rings (SSSR count). The van der Waals surface area contributed by atoms with E-state index in [1.54, 1.807) is 18.3 Å². The smallest absolute Gasteiger partial charge is 0.226 e. The van der Waals surface area contributed by atoms with Crippen LogP contribution in [0.25, 0.3) is 0 Å². The minimum atomic E-state index is -0.200. The van der Waals surface area contributed by atoms with Gasteiger partial charge in [0.25, 0.3) is 0 Å². The second-order valence-electron chi connectivity index (χ2n) is 4.92. The molecule has 20 heavy (non-hydrogen) atoms. The second-order valence-corrected chi connectivity index (χ2v) is 4.92. The van der Waals surface area contributed by atoms with Crippen molar-refractivity contribution in [3.05, 3.63) is 47.9 Å². The zero-order valence-corrected chi connectivity index (χ0v) is 12.2. The summed E-state index contributed by atoms with van der Waals surface area (Å²) < 4.78 is 13.9. The van der Waals surface area contributed by atoms with Gasteiger partial charge in [0.05, 0.1) is 6.04 Å². The maximum atomic E-state index is 13.9. The maximum absolute atomic E-state index is 13.9. The minimum absolute atomic E-state index is 0.110. The molecule has 4 nitrogen and oxygen atoms in total. The summed E-state index contributed by atoms with van der Waals surface area (Å²) in [5.41, 5.74) is 0.653. The Hall–Kier alpha value is -2.17. The van der Waals surface area contributed by atoms with Crippen LogP contribution in [-0.4, -0.2) is 31.1 Å². The fourth-order valence-corrected chi connectivity index (χ4v) is 1.97. The van der Waals surface area contributed by atoms with E-state index in [0.717, 1.165) is 5.82 Å². The van der Waals surface area contributed by atoms with E-state index in [1.807, 2.05) is 50.0 Å². The topological polar surface area (TPSA) is 32.3 Å². The van der Waals surface area contributed by atoms with Gasteiger partial charge in [0.15, 0.2) is 0 Å². The molecular formula is C15H19FN4. The number of benzene rings is 1. The number of anilines is 2. The third-order valence-corrected chi connectivity index (χ3v) is 3.33. The molecule has 0 aliphatic rings. The molecule has 1 heterocycles. The molecule has 0 aliphatic heterocycles. The average Bonchev–Trinajstić information content (AvgIpc) is 2.46. The van der Waals surface area contributed by atoms with Gasteiger partial charge < -0.3 is 9.80 Å². The van der Waals surface area contributed by atoms with E-state index in [9.17, 15) is 4.39 Å². The van der Waals surface area contributed by atoms with E-state index in [4.69, 9.17) is 0 Å². The first-order valence-corrected chi connectivity index (χ1v) is 6.48. The first kappa shape index (κ1) is 14.2. The lowest BCUT2D eigenvalue weighted by Gasteiger charge is -2.27. The van der Waals surface area contributed by atoms with Crippen molar-refractivity contribution >= 4 is 11.8 Å². The predicted molar refractivity (Wildman–Crippen MR) is 79.6 cm³/mol. The summed E-state index contributed by atoms with van der Waals surface area (Å²) >= 11 is 0. The lowest BCUT2D eigenvalue weighted by molar-refractivity contribution is 0.584. The van der Waals surface area contributed by atoms with Gasteiger partial charge in [0.1, 0.15) is 11.6 Å². The molecule has 1 aromatic heterocycles. The van der Waals surface area contributed by atoms with Gasteiger partial charge >= 0.3 is 0 Å². The lowest BCUT2D eigenvalue weighted by atomic mass is 10.1. The molecule has 0 radical (unpaired) electrons. The van der Waals surface area contributed by atoms with Crippen LogP contribution in [-0.2, 0) is 0 Å². The molecule has 0 aliphatic carbocycles. The van der Waals surface area contributed by atoms with Crippen LogP contribution in [0.15, 0.2) is 36.5 Å². The number of nitrogens with zero attached hydrogens (tertiary/aromatic N) is 4. The van der Waals surface area contributed by atoms with Crippen molar-refractivity contribution in [2.24, 2.45) is 0 Å². The van der Waals surface area contributed by atoms with Gasteiger partial charge in [0.2, 0.25) is 5.95 Å². The van der Waals surface area contributed by atoms with Crippen molar-refractivity contribution in [1.29, 1.82) is 0 Å². The molecule has 5 heteroatoms. The predicted octanol–water partition coefficient (Wildman–Crippen LogP) is 2.88. The third-order valence-electron chi connectivity index (χ3n) is 3.33. The summed E-state index contributed by atoms with van der Waals surface area (Å²) in [4.78, 5) is 12.4. The Kier molecular flexibility index (Phi) is 4.17. The molecule has 0 spiro atoms. The van der Waals surface area contributed by atoms with Crippen molar-refractivity contribution < 1.29 is 4.39 Å². The summed E-state index contributed by atoms with van der Waals surface area (Å²) in [5.74, 6) is 1.20. The third kappa shape index (κ3) is 2.87. The van der Waals surface area contributed by atoms with Crippen LogP contribution in [0, 0.1) is 5.82 Å². The second kappa shape index (κ2) is 5.86. The normalized spacial score (nSPS) is 12.1. The van der Waals surface area contributed by atoms with E-state index in [-0.39, 0.29) is 11.9 Å². The van der Waals surface area contributed by atoms with E-state index < -0.39 is 0 Å². The van der Waals surface area contributed by atoms with Gasteiger partial charge in [-0.15, -0.1) is 0 Å². The van der Waals surface area contributed by atoms with Crippen molar-refractivity contribution in [2.75, 3.05) is 30.9 Å². The minimum Gasteiger partial charge on any atom is -0.353 e. The highest BCUT2D eigenvalue weighted by Gasteiger charge is 2.17. The first-order valence-electron chi connectivity index (χ1n) is 6.48. The summed E-state index contributed by atoms with van der Waals surface area (Å²) in [6.07, 6.45) is 1.71. The molecule has 1 aromatic carbocycles. The van der Waals surface area contributed by atoms with E-state index in [2.05, 4.69) is 9.97 Å². The molecule has 106 valence electrons. The molecule has 0 saturated heterocycles. The largest absolute Gasteiger partial charge is 0.353 e. The fraction of sp³-hybridized carbons (Fsp3) is 0.333. The lowest BCUT2D eigenvalue weighted by Crippen LogP contribution is -2.24. The Bertz CT molecular complexity index is 586. The fourth-order valence-electron chi connectivity index (χ4n) is 1.97. The standard InChI is InChI=1S/C15H19FN4/c1-11(12-7-5-6-8-13(12)16)20(4)14-9-10-17-15(18-14)19(2)3/h5-11H,1-4H3/t11-/m0/s1. The summed E-state index contributed by atoms with van der Waals surface area (Å²) in [6.45, 7) is 1.95. The van der Waals surface area contributed by atoms with Crippen LogP contribution in [0.4, 0.5) is 16.2 Å². The number of rotatable bonds is 4. The van der Waals surface area contributed by atoms with Crippen molar-refractivity contribution in [2.45, 2.75) is 13.0 Å². The molecular weight excluding hydrogens is 255 g/mol. The zero-order valence-electron chi connectivity index (χ0n) is 12.2. The van der Waals surface area contributed by atoms with Crippen molar-refractivity contribution in [3.63, 3.8) is 0 Å². The molecule has 0 fully saturated rings. The highest BCUT2D eigenvalue weighted by Crippen LogP contribution is 2.26. The van der Waals surface area contributed by atoms with Gasteiger partial charge in [-0.25, -0.2) is 9.37 Å². The Balaban J connectivity index is 2.29. The Morgan fingerprint density at radius 3 is 2.45 bits per heavy atom. The van der Waals surface area contributed by atoms with E-state index in [0.29, 0.717) is 11.5 Å². The van der Waals surface area contributed by atoms with E-state index >= 15 is 0 Å². The highest BCUT2D eigenvalue weighted by atomic mass is 19.1. The SMILES string of the molecule is C[C@@H](c1ccccc1F)N(C)c1ccnc(N(C)C)n1. The summed E-state index contributed by atoms with van der Waals surface area (Å²) in [6, 6.07) is 8.52. The van der Waals surface area contributed by atoms with Crippen molar-refractivity contribution in [3.8, 4) is 0 Å². The summed E-state index contributed by atoms with van der Waals surface area (Å²) in [5, 5.41) is 0. The van der Waals surface area contributed by atoms with Crippen LogP contribution in [0.1, 0.15) is 18.5 Å². The summed E-state index contributed by atoms with van der Waals surface area (Å²) in [7, 11) is 5.68. The quantitative estimate of drug-likeness (QED) is 0.858. The zero-order chi connectivity index (χ0) is 14.7. The van der Waals surface area contributed by atoms with Gasteiger partial charge in [0, 0.05) is 32.9 Å². The number of hydrogen-bond donors (Lipinski definition) is 0. The Morgan fingerprint density at radius 1 is 1.10 bits per heavy atom. The van der Waals surface area contributed by atoms with E-state index in [1.165, 1.54) is 6.07 Å². The van der Waals surface area contributed by atoms with Crippen molar-refractivity contribution in [1.82, 2.24) is 9.97 Å². The van der Waals surface area contributed by atoms with Crippen LogP contribution in [0.5, 0.6) is 0 Å². The molecule has 0 saturated carbocycles. The number of halogens is 1. The Labute approximate surface area is 118 Å². The number of aromatic nitrogens is 2. The van der Waals surface area contributed by atoms with Gasteiger partial charge in [-0.1, -0.05) is 18.2 Å².